The predicted molar refractivity (Wildman–Crippen MR) is 70.8 cm³/mol. The Labute approximate surface area is 104 Å². The highest BCUT2D eigenvalue weighted by atomic mass is 28.4. The van der Waals surface area contributed by atoms with Crippen molar-refractivity contribution in [2.24, 2.45) is 0 Å². The van der Waals surface area contributed by atoms with Crippen LogP contribution in [0.25, 0.3) is 0 Å². The Kier molecular flexibility index (Phi) is 5.09. The molecular formula is C13H20O3Si. The van der Waals surface area contributed by atoms with E-state index in [1.54, 1.807) is 7.11 Å². The van der Waals surface area contributed by atoms with E-state index in [1.165, 1.54) is 6.26 Å². The Balaban J connectivity index is 2.46. The molecule has 0 saturated carbocycles. The molecule has 0 N–H and O–H groups in total. The van der Waals surface area contributed by atoms with Crippen LogP contribution in [-0.4, -0.2) is 15.4 Å². The molecule has 0 bridgehead atoms. The summed E-state index contributed by atoms with van der Waals surface area (Å²) < 4.78 is 16.2. The lowest BCUT2D eigenvalue weighted by atomic mass is 10.2. The Hall–Kier alpha value is -1.42. The second-order valence-corrected chi connectivity index (χ2v) is 9.08. The number of hydrogen-bond donors (Lipinski definition) is 0. The van der Waals surface area contributed by atoms with Gasteiger partial charge in [-0.25, -0.2) is 0 Å². The maximum atomic E-state index is 5.68. The second-order valence-electron chi connectivity index (χ2n) is 4.65. The van der Waals surface area contributed by atoms with E-state index in [0.29, 0.717) is 12.6 Å². The van der Waals surface area contributed by atoms with E-state index >= 15 is 0 Å². The summed E-state index contributed by atoms with van der Waals surface area (Å²) in [6.45, 7) is 6.80. The lowest BCUT2D eigenvalue weighted by Crippen LogP contribution is -2.25. The van der Waals surface area contributed by atoms with Crippen molar-refractivity contribution in [2.45, 2.75) is 26.2 Å². The van der Waals surface area contributed by atoms with E-state index < -0.39 is 8.32 Å². The van der Waals surface area contributed by atoms with Gasteiger partial charge in [-0.3, -0.25) is 0 Å². The average molecular weight is 252 g/mol. The Bertz CT molecular complexity index is 355. The Morgan fingerprint density at radius 3 is 2.35 bits per heavy atom. The van der Waals surface area contributed by atoms with Crippen molar-refractivity contribution in [3.63, 3.8) is 0 Å². The van der Waals surface area contributed by atoms with Gasteiger partial charge >= 0.3 is 5.95 Å². The van der Waals surface area contributed by atoms with Crippen LogP contribution < -0.4 is 0 Å². The molecule has 0 aromatic heterocycles. The summed E-state index contributed by atoms with van der Waals surface area (Å²) in [6, 6.07) is 9.98. The van der Waals surface area contributed by atoms with E-state index in [2.05, 4.69) is 19.6 Å². The molecule has 0 fully saturated rings. The van der Waals surface area contributed by atoms with E-state index in [-0.39, 0.29) is 0 Å². The normalized spacial score (nSPS) is 12.1. The zero-order chi connectivity index (χ0) is 12.7. The van der Waals surface area contributed by atoms with Gasteiger partial charge in [-0.15, -0.1) is 0 Å². The molecule has 0 radical (unpaired) electrons. The summed E-state index contributed by atoms with van der Waals surface area (Å²) in [5, 5.41) is 0. The van der Waals surface area contributed by atoms with Gasteiger partial charge in [-0.05, 0) is 25.2 Å². The lowest BCUT2D eigenvalue weighted by Gasteiger charge is -2.19. The molecule has 0 atom stereocenters. The van der Waals surface area contributed by atoms with Gasteiger partial charge in [0.15, 0.2) is 6.26 Å². The number of ether oxygens (including phenoxy) is 2. The molecule has 94 valence electrons. The Morgan fingerprint density at radius 2 is 1.82 bits per heavy atom. The molecule has 0 amide bonds. The van der Waals surface area contributed by atoms with Crippen LogP contribution >= 0.6 is 0 Å². The molecule has 0 aliphatic rings. The van der Waals surface area contributed by atoms with Crippen LogP contribution in [0.5, 0.6) is 0 Å². The summed E-state index contributed by atoms with van der Waals surface area (Å²) >= 11 is 0. The maximum absolute atomic E-state index is 5.68. The highest BCUT2D eigenvalue weighted by Gasteiger charge is 2.18. The van der Waals surface area contributed by atoms with Crippen LogP contribution in [0.2, 0.25) is 19.6 Å². The number of rotatable bonds is 6. The third kappa shape index (κ3) is 6.02. The minimum absolute atomic E-state index is 0.445. The number of benzene rings is 1. The molecule has 0 heterocycles. The summed E-state index contributed by atoms with van der Waals surface area (Å²) in [5.74, 6) is 0.445. The quantitative estimate of drug-likeness (QED) is 0.573. The highest BCUT2D eigenvalue weighted by Crippen LogP contribution is 2.11. The van der Waals surface area contributed by atoms with E-state index in [4.69, 9.17) is 13.9 Å². The van der Waals surface area contributed by atoms with Crippen molar-refractivity contribution in [1.29, 1.82) is 0 Å². The van der Waals surface area contributed by atoms with Crippen molar-refractivity contribution >= 4 is 8.32 Å². The van der Waals surface area contributed by atoms with Gasteiger partial charge in [0.25, 0.3) is 0 Å². The fourth-order valence-electron chi connectivity index (χ4n) is 1.20. The molecule has 1 aromatic carbocycles. The summed E-state index contributed by atoms with van der Waals surface area (Å²) in [7, 11) is -0.0626. The molecule has 4 heteroatoms. The first-order valence-electron chi connectivity index (χ1n) is 5.60. The highest BCUT2D eigenvalue weighted by molar-refractivity contribution is 6.69. The van der Waals surface area contributed by atoms with Gasteiger partial charge < -0.3 is 13.9 Å². The first-order valence-corrected chi connectivity index (χ1v) is 9.01. The third-order valence-corrected chi connectivity index (χ3v) is 2.69. The second kappa shape index (κ2) is 6.35. The van der Waals surface area contributed by atoms with Crippen molar-refractivity contribution in [3.8, 4) is 0 Å². The van der Waals surface area contributed by atoms with Crippen LogP contribution in [-0.2, 0) is 20.5 Å². The zero-order valence-electron chi connectivity index (χ0n) is 10.9. The minimum Gasteiger partial charge on any atom is -0.518 e. The summed E-state index contributed by atoms with van der Waals surface area (Å²) in [6.07, 6.45) is 1.53. The molecule has 0 unspecified atom stereocenters. The molecule has 1 rings (SSSR count). The van der Waals surface area contributed by atoms with E-state index in [1.807, 2.05) is 30.3 Å². The zero-order valence-corrected chi connectivity index (χ0v) is 11.9. The molecule has 0 saturated heterocycles. The first kappa shape index (κ1) is 13.6. The van der Waals surface area contributed by atoms with Gasteiger partial charge in [0.05, 0.1) is 7.11 Å². The van der Waals surface area contributed by atoms with Gasteiger partial charge in [0, 0.05) is 0 Å². The topological polar surface area (TPSA) is 27.7 Å². The number of hydrogen-bond acceptors (Lipinski definition) is 3. The van der Waals surface area contributed by atoms with Gasteiger partial charge in [-0.2, -0.15) is 0 Å². The van der Waals surface area contributed by atoms with E-state index in [0.717, 1.165) is 5.56 Å². The van der Waals surface area contributed by atoms with Gasteiger partial charge in [0.1, 0.15) is 6.61 Å². The fourth-order valence-corrected chi connectivity index (χ4v) is 1.93. The van der Waals surface area contributed by atoms with Crippen molar-refractivity contribution < 1.29 is 13.9 Å². The van der Waals surface area contributed by atoms with Crippen molar-refractivity contribution in [2.75, 3.05) is 7.11 Å². The predicted octanol–water partition coefficient (Wildman–Crippen LogP) is 3.50. The smallest absolute Gasteiger partial charge is 0.301 e. The summed E-state index contributed by atoms with van der Waals surface area (Å²) in [4.78, 5) is 0. The van der Waals surface area contributed by atoms with Crippen molar-refractivity contribution in [3.05, 3.63) is 48.1 Å². The molecule has 0 aliphatic heterocycles. The van der Waals surface area contributed by atoms with E-state index in [9.17, 15) is 0 Å². The maximum Gasteiger partial charge on any atom is 0.301 e. The molecule has 0 spiro atoms. The van der Waals surface area contributed by atoms with Crippen LogP contribution in [0.1, 0.15) is 5.56 Å². The molecule has 0 aliphatic carbocycles. The third-order valence-electron chi connectivity index (χ3n) is 1.88. The van der Waals surface area contributed by atoms with Crippen LogP contribution in [0.15, 0.2) is 42.5 Å². The average Bonchev–Trinajstić information content (AvgIpc) is 2.27. The largest absolute Gasteiger partial charge is 0.518 e. The first-order chi connectivity index (χ1) is 8.01. The van der Waals surface area contributed by atoms with Crippen LogP contribution in [0.4, 0.5) is 0 Å². The number of methoxy groups -OCH3 is 1. The molecule has 1 aromatic rings. The summed E-state index contributed by atoms with van der Waals surface area (Å²) in [5.41, 5.74) is 1.12. The SMILES string of the molecule is CO/C(=C\OCc1ccccc1)O[Si](C)(C)C. The van der Waals surface area contributed by atoms with Crippen LogP contribution in [0, 0.1) is 0 Å². The standard InChI is InChI=1S/C13H20O3Si/c1-14-13(16-17(2,3)4)11-15-10-12-8-6-5-7-9-12/h5-9,11H,10H2,1-4H3/b13-11+. The fraction of sp³-hybridized carbons (Fsp3) is 0.385. The van der Waals surface area contributed by atoms with Gasteiger partial charge in [-0.1, -0.05) is 30.3 Å². The monoisotopic (exact) mass is 252 g/mol. The van der Waals surface area contributed by atoms with Gasteiger partial charge in [0.2, 0.25) is 8.32 Å². The van der Waals surface area contributed by atoms with Crippen LogP contribution in [0.3, 0.4) is 0 Å². The Morgan fingerprint density at radius 1 is 1.18 bits per heavy atom. The lowest BCUT2D eigenvalue weighted by molar-refractivity contribution is 0.114. The molecule has 17 heavy (non-hydrogen) atoms. The molecular weight excluding hydrogens is 232 g/mol. The minimum atomic E-state index is -1.64. The van der Waals surface area contributed by atoms with Crippen molar-refractivity contribution in [1.82, 2.24) is 0 Å². The molecule has 3 nitrogen and oxygen atoms in total.